The summed E-state index contributed by atoms with van der Waals surface area (Å²) in [4.78, 5) is 23.3. The van der Waals surface area contributed by atoms with E-state index in [1.54, 1.807) is 23.4 Å². The molecule has 2 aliphatic heterocycles. The smallest absolute Gasteiger partial charge is 0.368 e. The van der Waals surface area contributed by atoms with Crippen molar-refractivity contribution >= 4 is 11.9 Å². The van der Waals surface area contributed by atoms with E-state index in [9.17, 15) is 31.1 Å². The fourth-order valence-electron chi connectivity index (χ4n) is 6.04. The van der Waals surface area contributed by atoms with Gasteiger partial charge in [-0.05, 0) is 55.0 Å². The summed E-state index contributed by atoms with van der Waals surface area (Å²) in [6, 6.07) is 2.34. The monoisotopic (exact) mass is 566 g/mol. The van der Waals surface area contributed by atoms with E-state index in [4.69, 9.17) is 4.74 Å². The topological polar surface area (TPSA) is 67.3 Å². The Kier molecular flexibility index (Phi) is 7.41. The molecule has 3 heterocycles. The van der Waals surface area contributed by atoms with Crippen molar-refractivity contribution < 1.29 is 35.9 Å². The van der Waals surface area contributed by atoms with Crippen LogP contribution in [-0.2, 0) is 21.9 Å². The van der Waals surface area contributed by atoms with Gasteiger partial charge >= 0.3 is 12.4 Å². The molecule has 3 unspecified atom stereocenters. The second-order valence-corrected chi connectivity index (χ2v) is 10.5. The number of alkyl halides is 6. The molecule has 214 valence electrons. The first-order valence-corrected chi connectivity index (χ1v) is 13.0. The van der Waals surface area contributed by atoms with Crippen LogP contribution in [0, 0.1) is 17.8 Å². The van der Waals surface area contributed by atoms with Crippen molar-refractivity contribution in [2.24, 2.45) is 17.8 Å². The van der Waals surface area contributed by atoms with Gasteiger partial charge in [0.1, 0.15) is 6.04 Å². The number of allylic oxidation sites excluding steroid dienone is 4. The molecule has 1 aliphatic carbocycles. The molecule has 2 saturated heterocycles. The highest BCUT2D eigenvalue weighted by Gasteiger charge is 2.55. The maximum Gasteiger partial charge on any atom is 0.416 e. The lowest BCUT2D eigenvalue weighted by molar-refractivity contribution is -0.143. The third kappa shape index (κ3) is 5.59. The Balaban J connectivity index is 1.42. The standard InChI is InChI=1S/C28H28F6N4O2/c1-15-6-3-4-7-20(15)24-22-13-21(37-26-35-8-5-9-36-26)25(39)38(22)14-23(24)40-16(2)17-10-18(27(29,30)31)12-19(11-17)28(32,33)34/h3-12,15-16,20-24H,13-14H2,1-2H3,(H,35,36,37)/t15?,16-,20-,21?,22+,23+,24?/m1/s1. The molecule has 5 rings (SSSR count). The van der Waals surface area contributed by atoms with Crippen molar-refractivity contribution in [3.63, 3.8) is 0 Å². The number of nitrogens with one attached hydrogen (secondary N) is 1. The van der Waals surface area contributed by atoms with E-state index in [0.29, 0.717) is 24.5 Å². The lowest BCUT2D eigenvalue weighted by atomic mass is 9.74. The SMILES string of the molecule is CC1C=CC=C[C@H]1C1[C@@H](O[C@H](C)c2cc(C(F)(F)F)cc(C(F)(F)F)c2)CN2C(=O)C(Nc3ncccn3)C[C@@H]12. The molecule has 3 aliphatic rings. The minimum Gasteiger partial charge on any atom is -0.368 e. The van der Waals surface area contributed by atoms with E-state index in [1.807, 2.05) is 31.2 Å². The number of amides is 1. The molecule has 0 bridgehead atoms. The van der Waals surface area contributed by atoms with Crippen LogP contribution in [0.1, 0.15) is 43.1 Å². The van der Waals surface area contributed by atoms with E-state index in [-0.39, 0.29) is 47.9 Å². The molecule has 6 nitrogen and oxygen atoms in total. The van der Waals surface area contributed by atoms with Gasteiger partial charge in [0.15, 0.2) is 0 Å². The highest BCUT2D eigenvalue weighted by atomic mass is 19.4. The highest BCUT2D eigenvalue weighted by molar-refractivity contribution is 5.87. The molecule has 2 aromatic rings. The predicted molar refractivity (Wildman–Crippen MR) is 134 cm³/mol. The summed E-state index contributed by atoms with van der Waals surface area (Å²) >= 11 is 0. The Hall–Kier alpha value is -3.41. The first-order valence-electron chi connectivity index (χ1n) is 13.0. The van der Waals surface area contributed by atoms with Gasteiger partial charge in [-0.15, -0.1) is 0 Å². The third-order valence-corrected chi connectivity index (χ3v) is 7.95. The van der Waals surface area contributed by atoms with Gasteiger partial charge in [0.25, 0.3) is 0 Å². The molecular formula is C28H28F6N4O2. The number of carbonyl (C=O) groups excluding carboxylic acids is 1. The summed E-state index contributed by atoms with van der Waals surface area (Å²) in [5.74, 6) is -0.0641. The van der Waals surface area contributed by atoms with Crippen LogP contribution in [0.4, 0.5) is 32.3 Å². The Bertz CT molecular complexity index is 1260. The predicted octanol–water partition coefficient (Wildman–Crippen LogP) is 6.05. The highest BCUT2D eigenvalue weighted by Crippen LogP contribution is 2.46. The quantitative estimate of drug-likeness (QED) is 0.432. The number of benzene rings is 1. The van der Waals surface area contributed by atoms with E-state index >= 15 is 0 Å². The maximum absolute atomic E-state index is 13.5. The number of hydrogen-bond donors (Lipinski definition) is 1. The molecule has 0 spiro atoms. The van der Waals surface area contributed by atoms with E-state index < -0.39 is 41.7 Å². The molecule has 2 fully saturated rings. The number of ether oxygens (including phenoxy) is 1. The van der Waals surface area contributed by atoms with Crippen molar-refractivity contribution in [2.45, 2.75) is 56.9 Å². The Labute approximate surface area is 227 Å². The van der Waals surface area contributed by atoms with Crippen LogP contribution in [0.2, 0.25) is 0 Å². The normalized spacial score (nSPS) is 29.1. The van der Waals surface area contributed by atoms with Gasteiger partial charge in [-0.3, -0.25) is 4.79 Å². The zero-order valence-corrected chi connectivity index (χ0v) is 21.7. The Morgan fingerprint density at radius 3 is 2.23 bits per heavy atom. The largest absolute Gasteiger partial charge is 0.416 e. The van der Waals surface area contributed by atoms with Crippen molar-refractivity contribution in [1.82, 2.24) is 14.9 Å². The second kappa shape index (κ2) is 10.5. The number of aromatic nitrogens is 2. The number of rotatable bonds is 6. The van der Waals surface area contributed by atoms with Crippen LogP contribution in [0.15, 0.2) is 61.0 Å². The van der Waals surface area contributed by atoms with Gasteiger partial charge in [0, 0.05) is 30.9 Å². The van der Waals surface area contributed by atoms with Crippen LogP contribution >= 0.6 is 0 Å². The summed E-state index contributed by atoms with van der Waals surface area (Å²) in [6.07, 6.45) is -0.186. The number of hydrogen-bond acceptors (Lipinski definition) is 5. The molecule has 1 N–H and O–H groups in total. The summed E-state index contributed by atoms with van der Waals surface area (Å²) in [6.45, 7) is 3.63. The summed E-state index contributed by atoms with van der Waals surface area (Å²) in [5, 5.41) is 3.08. The lowest BCUT2D eigenvalue weighted by Crippen LogP contribution is -2.37. The summed E-state index contributed by atoms with van der Waals surface area (Å²) in [7, 11) is 0. The van der Waals surface area contributed by atoms with Crippen LogP contribution in [-0.4, -0.2) is 45.5 Å². The zero-order valence-electron chi connectivity index (χ0n) is 21.7. The number of fused-ring (bicyclic) bond motifs is 1. The second-order valence-electron chi connectivity index (χ2n) is 10.5. The van der Waals surface area contributed by atoms with Crippen molar-refractivity contribution in [3.8, 4) is 0 Å². The molecule has 0 saturated carbocycles. The number of nitrogens with zero attached hydrogens (tertiary/aromatic N) is 3. The Morgan fingerprint density at radius 1 is 1.00 bits per heavy atom. The van der Waals surface area contributed by atoms with Gasteiger partial charge in [0.05, 0.1) is 23.3 Å². The van der Waals surface area contributed by atoms with Gasteiger partial charge in [-0.2, -0.15) is 26.3 Å². The average molecular weight is 567 g/mol. The average Bonchev–Trinajstić information content (AvgIpc) is 3.39. The Morgan fingerprint density at radius 2 is 1.62 bits per heavy atom. The molecule has 12 heteroatoms. The van der Waals surface area contributed by atoms with Gasteiger partial charge in [-0.25, -0.2) is 9.97 Å². The van der Waals surface area contributed by atoms with Crippen LogP contribution < -0.4 is 5.32 Å². The van der Waals surface area contributed by atoms with Gasteiger partial charge in [-0.1, -0.05) is 31.2 Å². The fourth-order valence-corrected chi connectivity index (χ4v) is 6.04. The first kappa shape index (κ1) is 28.1. The lowest BCUT2D eigenvalue weighted by Gasteiger charge is -2.35. The van der Waals surface area contributed by atoms with E-state index in [1.165, 1.54) is 6.92 Å². The van der Waals surface area contributed by atoms with Gasteiger partial charge < -0.3 is 15.0 Å². The van der Waals surface area contributed by atoms with Gasteiger partial charge in [0.2, 0.25) is 11.9 Å². The molecule has 7 atom stereocenters. The summed E-state index contributed by atoms with van der Waals surface area (Å²) < 4.78 is 87.0. The van der Waals surface area contributed by atoms with Crippen LogP contribution in [0.25, 0.3) is 0 Å². The molecule has 40 heavy (non-hydrogen) atoms. The van der Waals surface area contributed by atoms with Crippen molar-refractivity contribution in [2.75, 3.05) is 11.9 Å². The number of anilines is 1. The first-order chi connectivity index (χ1) is 18.8. The third-order valence-electron chi connectivity index (χ3n) is 7.95. The molecule has 1 aromatic heterocycles. The molecular weight excluding hydrogens is 538 g/mol. The number of carbonyl (C=O) groups is 1. The minimum atomic E-state index is -4.96. The summed E-state index contributed by atoms with van der Waals surface area (Å²) in [5.41, 5.74) is -3.01. The molecule has 1 amide bonds. The van der Waals surface area contributed by atoms with E-state index in [2.05, 4.69) is 15.3 Å². The van der Waals surface area contributed by atoms with Crippen molar-refractivity contribution in [3.05, 3.63) is 77.7 Å². The molecule has 1 aromatic carbocycles. The van der Waals surface area contributed by atoms with Crippen LogP contribution in [0.5, 0.6) is 0 Å². The number of halogens is 6. The van der Waals surface area contributed by atoms with Crippen molar-refractivity contribution in [1.29, 1.82) is 0 Å². The minimum absolute atomic E-state index is 0.0519. The maximum atomic E-state index is 13.5. The zero-order chi connectivity index (χ0) is 28.8. The van der Waals surface area contributed by atoms with E-state index in [0.717, 1.165) is 0 Å². The molecule has 0 radical (unpaired) electrons. The fraction of sp³-hybridized carbons (Fsp3) is 0.464. The van der Waals surface area contributed by atoms with Crippen LogP contribution in [0.3, 0.4) is 0 Å².